The molecule has 0 radical (unpaired) electrons. The second-order valence-electron chi connectivity index (χ2n) is 0.645. The number of carbonyl (C=O) groups excluding carboxylic acids is 1. The van der Waals surface area contributed by atoms with Gasteiger partial charge in [0.15, 0.2) is 0 Å². The van der Waals surface area contributed by atoms with Crippen molar-refractivity contribution < 1.29 is 8.98 Å². The lowest BCUT2D eigenvalue weighted by Crippen LogP contribution is -2.07. The van der Waals surface area contributed by atoms with Gasteiger partial charge in [-0.25, -0.2) is 4.79 Å². The molecule has 0 saturated carbocycles. The fraction of sp³-hybridized carbons (Fsp3) is 0. The van der Waals surface area contributed by atoms with Gasteiger partial charge < -0.3 is 9.92 Å². The number of carbonyl (C=O) groups is 1. The van der Waals surface area contributed by atoms with E-state index in [0.717, 1.165) is 10.8 Å². The van der Waals surface area contributed by atoms with Crippen LogP contribution in [0.4, 0.5) is 4.79 Å². The number of primary amides is 1. The maximum Gasteiger partial charge on any atom is 0.417 e. The molecule has 0 saturated heterocycles. The van der Waals surface area contributed by atoms with Gasteiger partial charge in [-0.15, -0.1) is 0 Å². The minimum Gasteiger partial charge on any atom is -0.362 e. The van der Waals surface area contributed by atoms with Crippen LogP contribution in [0.1, 0.15) is 0 Å². The largest absolute Gasteiger partial charge is 0.417 e. The van der Waals surface area contributed by atoms with Crippen LogP contribution >= 0.6 is 21.9 Å². The molecule has 44 valence electrons. The summed E-state index contributed by atoms with van der Waals surface area (Å²) in [7, 11) is 0.736. The Kier molecular flexibility index (Phi) is 4.30. The first-order valence-electron chi connectivity index (χ1n) is 1.46. The summed E-state index contributed by atoms with van der Waals surface area (Å²) in [5.41, 5.74) is 4.53. The summed E-state index contributed by atoms with van der Waals surface area (Å²) in [5, 5.41) is 9.51. The predicted molar refractivity (Wildman–Crippen MR) is 31.5 cm³/mol. The van der Waals surface area contributed by atoms with Gasteiger partial charge in [0.25, 0.3) is 0 Å². The van der Waals surface area contributed by atoms with Crippen molar-refractivity contribution in [1.82, 2.24) is 0 Å². The van der Waals surface area contributed by atoms with Gasteiger partial charge >= 0.3 is 6.09 Å². The lowest BCUT2D eigenvalue weighted by molar-refractivity contribution is 0.219. The number of hydrogen-bond donors (Lipinski definition) is 1. The highest BCUT2D eigenvalue weighted by Gasteiger charge is 1.92. The summed E-state index contributed by atoms with van der Waals surface area (Å²) >= 11 is 0.642. The Labute approximate surface area is 54.0 Å². The molecule has 0 unspecified atom stereocenters. The van der Waals surface area contributed by atoms with Crippen molar-refractivity contribution in [3.63, 3.8) is 0 Å². The minimum absolute atomic E-state index is 0.642. The fourth-order valence-electron chi connectivity index (χ4n) is 0.0658. The maximum absolute atomic E-state index is 9.73. The highest BCUT2D eigenvalue weighted by molar-refractivity contribution is 8.76. The third-order valence-electron chi connectivity index (χ3n) is 0.187. The molecule has 2 N–H and O–H groups in total. The van der Waals surface area contributed by atoms with E-state index >= 15 is 0 Å². The number of nitriles is 1. The molecule has 1 amide bonds. The molecule has 0 rings (SSSR count). The summed E-state index contributed by atoms with van der Waals surface area (Å²) < 4.78 is 4.08. The van der Waals surface area contributed by atoms with Gasteiger partial charge in [-0.2, -0.15) is 5.26 Å². The smallest absolute Gasteiger partial charge is 0.362 e. The van der Waals surface area contributed by atoms with Crippen LogP contribution in [0.5, 0.6) is 0 Å². The van der Waals surface area contributed by atoms with Crippen molar-refractivity contribution in [2.75, 3.05) is 0 Å². The summed E-state index contributed by atoms with van der Waals surface area (Å²) in [6.45, 7) is 0. The quantitative estimate of drug-likeness (QED) is 0.273. The zero-order chi connectivity index (χ0) is 6.41. The van der Waals surface area contributed by atoms with Crippen molar-refractivity contribution in [2.45, 2.75) is 0 Å². The second-order valence-corrected chi connectivity index (χ2v) is 2.21. The first-order chi connectivity index (χ1) is 3.77. The van der Waals surface area contributed by atoms with Crippen molar-refractivity contribution in [2.24, 2.45) is 5.73 Å². The van der Waals surface area contributed by atoms with E-state index in [4.69, 9.17) is 5.26 Å². The minimum atomic E-state index is -0.891. The first-order valence-corrected chi connectivity index (χ1v) is 3.53. The van der Waals surface area contributed by atoms with Crippen LogP contribution in [-0.2, 0) is 4.18 Å². The monoisotopic (exact) mass is 150 g/mol. The van der Waals surface area contributed by atoms with E-state index in [9.17, 15) is 4.79 Å². The molecule has 4 nitrogen and oxygen atoms in total. The SMILES string of the molecule is N#CSSOC(N)=O. The molecular formula is C2H2N2O2S2. The third kappa shape index (κ3) is 5.46. The number of nitrogens with two attached hydrogens (primary N) is 1. The molecule has 0 heterocycles. The zero-order valence-corrected chi connectivity index (χ0v) is 5.29. The predicted octanol–water partition coefficient (Wildman–Crippen LogP) is 0.859. The Hall–Kier alpha value is -0.540. The Morgan fingerprint density at radius 1 is 1.88 bits per heavy atom. The van der Waals surface area contributed by atoms with Gasteiger partial charge in [-0.1, -0.05) is 0 Å². The van der Waals surface area contributed by atoms with Gasteiger partial charge in [-0.05, 0) is 0 Å². The molecule has 0 bridgehead atoms. The number of nitrogens with zero attached hydrogens (tertiary/aromatic N) is 1. The van der Waals surface area contributed by atoms with Gasteiger partial charge in [0.05, 0.1) is 10.8 Å². The molecule has 0 atom stereocenters. The Morgan fingerprint density at radius 2 is 2.50 bits per heavy atom. The van der Waals surface area contributed by atoms with Crippen molar-refractivity contribution >= 4 is 28.0 Å². The highest BCUT2D eigenvalue weighted by atomic mass is 33.1. The van der Waals surface area contributed by atoms with Crippen LogP contribution in [0.2, 0.25) is 0 Å². The van der Waals surface area contributed by atoms with E-state index in [1.807, 2.05) is 0 Å². The zero-order valence-electron chi connectivity index (χ0n) is 3.66. The molecule has 6 heteroatoms. The van der Waals surface area contributed by atoms with Crippen molar-refractivity contribution in [3.05, 3.63) is 0 Å². The lowest BCUT2D eigenvalue weighted by atomic mass is 11.3. The van der Waals surface area contributed by atoms with Crippen LogP contribution in [0.3, 0.4) is 0 Å². The third-order valence-corrected chi connectivity index (χ3v) is 1.19. The fourth-order valence-corrected chi connectivity index (χ4v) is 0.592. The Balaban J connectivity index is 2.97. The van der Waals surface area contributed by atoms with Crippen LogP contribution in [0.25, 0.3) is 0 Å². The van der Waals surface area contributed by atoms with Gasteiger partial charge in [0, 0.05) is 0 Å². The standard InChI is InChI=1S/C2H2N2O2S2/c3-1-7-8-6-2(4)5/h(H2,4,5). The van der Waals surface area contributed by atoms with E-state index in [1.54, 1.807) is 5.40 Å². The van der Waals surface area contributed by atoms with Crippen LogP contribution in [-0.4, -0.2) is 6.09 Å². The van der Waals surface area contributed by atoms with Gasteiger partial charge in [-0.3, -0.25) is 0 Å². The summed E-state index contributed by atoms with van der Waals surface area (Å²) in [6.07, 6.45) is -0.891. The summed E-state index contributed by atoms with van der Waals surface area (Å²) in [5.74, 6) is 0. The van der Waals surface area contributed by atoms with Gasteiger partial charge in [0.1, 0.15) is 16.5 Å². The molecule has 0 aliphatic rings. The number of hydrogen-bond acceptors (Lipinski definition) is 5. The molecule has 0 aliphatic carbocycles. The van der Waals surface area contributed by atoms with Crippen LogP contribution in [0.15, 0.2) is 0 Å². The molecule has 0 aromatic heterocycles. The van der Waals surface area contributed by atoms with Gasteiger partial charge in [0.2, 0.25) is 0 Å². The molecule has 0 spiro atoms. The van der Waals surface area contributed by atoms with Crippen molar-refractivity contribution in [1.29, 1.82) is 5.26 Å². The normalized spacial score (nSPS) is 7.38. The average Bonchev–Trinajstić information content (AvgIpc) is 1.66. The Morgan fingerprint density at radius 3 is 2.88 bits per heavy atom. The second kappa shape index (κ2) is 4.61. The molecule has 0 aromatic rings. The molecule has 0 fully saturated rings. The van der Waals surface area contributed by atoms with Crippen LogP contribution < -0.4 is 5.73 Å². The van der Waals surface area contributed by atoms with E-state index in [-0.39, 0.29) is 0 Å². The Bertz CT molecular complexity index is 120. The van der Waals surface area contributed by atoms with Crippen LogP contribution in [0, 0.1) is 10.7 Å². The number of thiocyanates is 1. The average molecular weight is 150 g/mol. The summed E-state index contributed by atoms with van der Waals surface area (Å²) in [4.78, 5) is 9.73. The molecular weight excluding hydrogens is 148 g/mol. The topological polar surface area (TPSA) is 76.1 Å². The van der Waals surface area contributed by atoms with E-state index in [2.05, 4.69) is 9.92 Å². The van der Waals surface area contributed by atoms with E-state index in [0.29, 0.717) is 11.1 Å². The van der Waals surface area contributed by atoms with E-state index < -0.39 is 6.09 Å². The lowest BCUT2D eigenvalue weighted by Gasteiger charge is -1.87. The number of amides is 1. The molecule has 0 aliphatic heterocycles. The first kappa shape index (κ1) is 7.46. The number of rotatable bonds is 2. The highest BCUT2D eigenvalue weighted by Crippen LogP contribution is 2.19. The molecule has 8 heavy (non-hydrogen) atoms. The van der Waals surface area contributed by atoms with E-state index in [1.165, 1.54) is 0 Å². The maximum atomic E-state index is 9.73. The molecule has 0 aromatic carbocycles. The summed E-state index contributed by atoms with van der Waals surface area (Å²) in [6, 6.07) is 0. The van der Waals surface area contributed by atoms with Crippen molar-refractivity contribution in [3.8, 4) is 5.40 Å².